The van der Waals surface area contributed by atoms with Gasteiger partial charge in [0.05, 0.1) is 12.0 Å². The monoisotopic (exact) mass is 202 g/mol. The molecule has 0 bridgehead atoms. The Hall–Kier alpha value is -1.07. The number of aryl methyl sites for hydroxylation is 1. The lowest BCUT2D eigenvalue weighted by molar-refractivity contribution is 0.397. The summed E-state index contributed by atoms with van der Waals surface area (Å²) < 4.78 is 26.8. The fraction of sp³-hybridized carbons (Fsp3) is 0.250. The lowest BCUT2D eigenvalue weighted by atomic mass is 10.2. The maximum absolute atomic E-state index is 11.2. The van der Waals surface area contributed by atoms with Gasteiger partial charge in [-0.1, -0.05) is 0 Å². The van der Waals surface area contributed by atoms with E-state index in [4.69, 9.17) is 5.11 Å². The van der Waals surface area contributed by atoms with Gasteiger partial charge >= 0.3 is 0 Å². The predicted molar refractivity (Wildman–Crippen MR) is 47.0 cm³/mol. The van der Waals surface area contributed by atoms with Crippen LogP contribution in [-0.2, 0) is 14.3 Å². The fourth-order valence-corrected chi connectivity index (χ4v) is 1.87. The average molecular weight is 202 g/mol. The smallest absolute Gasteiger partial charge is 0.296 e. The highest BCUT2D eigenvalue weighted by atomic mass is 32.2. The highest BCUT2D eigenvalue weighted by Crippen LogP contribution is 2.20. The standard InChI is InChI=1S/C8H10O4S/c1-6-5-7(9)3-4-8(6)13(10,11)12-2/h3-5,9H,1-2H3. The van der Waals surface area contributed by atoms with Gasteiger partial charge in [0.15, 0.2) is 0 Å². The summed E-state index contributed by atoms with van der Waals surface area (Å²) in [5.74, 6) is 0.0348. The summed E-state index contributed by atoms with van der Waals surface area (Å²) in [7, 11) is -2.56. The van der Waals surface area contributed by atoms with Crippen molar-refractivity contribution in [2.24, 2.45) is 0 Å². The van der Waals surface area contributed by atoms with Crippen molar-refractivity contribution in [2.75, 3.05) is 7.11 Å². The third-order valence-corrected chi connectivity index (χ3v) is 3.08. The number of phenols is 1. The maximum Gasteiger partial charge on any atom is 0.296 e. The summed E-state index contributed by atoms with van der Waals surface area (Å²) in [5, 5.41) is 9.04. The van der Waals surface area contributed by atoms with Gasteiger partial charge in [0.1, 0.15) is 5.75 Å². The molecule has 0 amide bonds. The summed E-state index contributed by atoms with van der Waals surface area (Å²) in [5.41, 5.74) is 0.460. The zero-order valence-corrected chi connectivity index (χ0v) is 8.13. The summed E-state index contributed by atoms with van der Waals surface area (Å²) >= 11 is 0. The lowest BCUT2D eigenvalue weighted by Gasteiger charge is -2.04. The minimum absolute atomic E-state index is 0.0348. The molecule has 0 spiro atoms. The molecule has 0 aliphatic rings. The van der Waals surface area contributed by atoms with Crippen LogP contribution in [-0.4, -0.2) is 20.6 Å². The van der Waals surface area contributed by atoms with Crippen LogP contribution in [0.4, 0.5) is 0 Å². The van der Waals surface area contributed by atoms with Gasteiger partial charge < -0.3 is 5.11 Å². The van der Waals surface area contributed by atoms with E-state index >= 15 is 0 Å². The Balaban J connectivity index is 3.33. The molecule has 4 nitrogen and oxygen atoms in total. The van der Waals surface area contributed by atoms with Crippen molar-refractivity contribution in [1.29, 1.82) is 0 Å². The van der Waals surface area contributed by atoms with Crippen LogP contribution in [0.5, 0.6) is 5.75 Å². The molecule has 0 unspecified atom stereocenters. The molecule has 0 atom stereocenters. The molecule has 0 aromatic heterocycles. The van der Waals surface area contributed by atoms with E-state index in [-0.39, 0.29) is 10.6 Å². The summed E-state index contributed by atoms with van der Waals surface area (Å²) in [6.07, 6.45) is 0. The van der Waals surface area contributed by atoms with Gasteiger partial charge in [0, 0.05) is 0 Å². The molecule has 1 N–H and O–H groups in total. The average Bonchev–Trinajstić information content (AvgIpc) is 2.03. The van der Waals surface area contributed by atoms with Crippen LogP contribution < -0.4 is 0 Å². The molecule has 5 heteroatoms. The van der Waals surface area contributed by atoms with Crippen molar-refractivity contribution in [1.82, 2.24) is 0 Å². The second kappa shape index (κ2) is 3.35. The Bertz CT molecular complexity index is 408. The van der Waals surface area contributed by atoms with E-state index in [0.29, 0.717) is 5.56 Å². The normalized spacial score (nSPS) is 11.5. The molecule has 0 saturated heterocycles. The molecule has 0 heterocycles. The number of rotatable bonds is 2. The SMILES string of the molecule is COS(=O)(=O)c1ccc(O)cc1C. The van der Waals surface area contributed by atoms with E-state index in [1.165, 1.54) is 18.2 Å². The van der Waals surface area contributed by atoms with E-state index in [1.54, 1.807) is 6.92 Å². The quantitative estimate of drug-likeness (QED) is 0.728. The minimum Gasteiger partial charge on any atom is -0.508 e. The van der Waals surface area contributed by atoms with Crippen LogP contribution >= 0.6 is 0 Å². The van der Waals surface area contributed by atoms with E-state index in [2.05, 4.69) is 4.18 Å². The van der Waals surface area contributed by atoms with Gasteiger partial charge in [-0.05, 0) is 30.7 Å². The van der Waals surface area contributed by atoms with E-state index < -0.39 is 10.1 Å². The molecule has 0 aliphatic carbocycles. The largest absolute Gasteiger partial charge is 0.508 e. The van der Waals surface area contributed by atoms with Gasteiger partial charge in [-0.25, -0.2) is 0 Å². The molecule has 72 valence electrons. The van der Waals surface area contributed by atoms with Gasteiger partial charge in [-0.3, -0.25) is 4.18 Å². The minimum atomic E-state index is -3.66. The maximum atomic E-state index is 11.2. The summed E-state index contributed by atoms with van der Waals surface area (Å²) in [6, 6.07) is 3.98. The van der Waals surface area contributed by atoms with Crippen LogP contribution in [0.25, 0.3) is 0 Å². The van der Waals surface area contributed by atoms with Crippen molar-refractivity contribution in [3.05, 3.63) is 23.8 Å². The van der Waals surface area contributed by atoms with Crippen molar-refractivity contribution >= 4 is 10.1 Å². The van der Waals surface area contributed by atoms with Gasteiger partial charge in [-0.15, -0.1) is 0 Å². The third kappa shape index (κ3) is 1.99. The van der Waals surface area contributed by atoms with Crippen LogP contribution in [0, 0.1) is 6.92 Å². The first-order valence-corrected chi connectivity index (χ1v) is 4.98. The number of phenolic OH excluding ortho intramolecular Hbond substituents is 1. The van der Waals surface area contributed by atoms with Gasteiger partial charge in [0.2, 0.25) is 0 Å². The van der Waals surface area contributed by atoms with Crippen molar-refractivity contribution < 1.29 is 17.7 Å². The van der Waals surface area contributed by atoms with Crippen molar-refractivity contribution in [3.8, 4) is 5.75 Å². The third-order valence-electron chi connectivity index (χ3n) is 1.65. The van der Waals surface area contributed by atoms with Crippen molar-refractivity contribution in [2.45, 2.75) is 11.8 Å². The molecule has 1 aromatic carbocycles. The highest BCUT2D eigenvalue weighted by Gasteiger charge is 2.15. The number of hydrogen-bond acceptors (Lipinski definition) is 4. The van der Waals surface area contributed by atoms with E-state index in [1.807, 2.05) is 0 Å². The topological polar surface area (TPSA) is 63.6 Å². The highest BCUT2D eigenvalue weighted by molar-refractivity contribution is 7.86. The van der Waals surface area contributed by atoms with E-state index in [0.717, 1.165) is 7.11 Å². The van der Waals surface area contributed by atoms with Crippen LogP contribution in [0.3, 0.4) is 0 Å². The summed E-state index contributed by atoms with van der Waals surface area (Å²) in [6.45, 7) is 1.59. The van der Waals surface area contributed by atoms with Crippen molar-refractivity contribution in [3.63, 3.8) is 0 Å². The number of aromatic hydroxyl groups is 1. The fourth-order valence-electron chi connectivity index (χ4n) is 1.00. The number of hydrogen-bond donors (Lipinski definition) is 1. The molecule has 0 aliphatic heterocycles. The first kappa shape index (κ1) is 10.0. The van der Waals surface area contributed by atoms with Gasteiger partial charge in [-0.2, -0.15) is 8.42 Å². The molecule has 0 radical (unpaired) electrons. The second-order valence-corrected chi connectivity index (χ2v) is 4.25. The Morgan fingerprint density at radius 3 is 2.46 bits per heavy atom. The first-order chi connectivity index (χ1) is 5.97. The number of benzene rings is 1. The summed E-state index contributed by atoms with van der Waals surface area (Å²) in [4.78, 5) is 0.0767. The Labute approximate surface area is 76.9 Å². The van der Waals surface area contributed by atoms with Crippen LogP contribution in [0.2, 0.25) is 0 Å². The molecular weight excluding hydrogens is 192 g/mol. The Morgan fingerprint density at radius 2 is 2.00 bits per heavy atom. The molecule has 1 rings (SSSR count). The van der Waals surface area contributed by atoms with E-state index in [9.17, 15) is 8.42 Å². The molecule has 1 aromatic rings. The first-order valence-electron chi connectivity index (χ1n) is 3.57. The molecule has 0 saturated carbocycles. The second-order valence-electron chi connectivity index (χ2n) is 2.57. The Morgan fingerprint density at radius 1 is 1.38 bits per heavy atom. The molecule has 13 heavy (non-hydrogen) atoms. The Kier molecular flexibility index (Phi) is 2.58. The van der Waals surface area contributed by atoms with Crippen LogP contribution in [0.1, 0.15) is 5.56 Å². The molecule has 0 fully saturated rings. The van der Waals surface area contributed by atoms with Gasteiger partial charge in [0.25, 0.3) is 10.1 Å². The zero-order valence-electron chi connectivity index (χ0n) is 7.31. The molecular formula is C8H10O4S. The van der Waals surface area contributed by atoms with Crippen LogP contribution in [0.15, 0.2) is 23.1 Å². The zero-order chi connectivity index (χ0) is 10.1. The predicted octanol–water partition coefficient (Wildman–Crippen LogP) is 1.04. The lowest BCUT2D eigenvalue weighted by Crippen LogP contribution is -2.04.